The summed E-state index contributed by atoms with van der Waals surface area (Å²) in [4.78, 5) is 24.9. The van der Waals surface area contributed by atoms with E-state index in [1.54, 1.807) is 0 Å². The molecule has 5 rings (SSSR count). The Labute approximate surface area is 207 Å². The molecule has 2 aliphatic rings. The maximum atomic E-state index is 13.0. The van der Waals surface area contributed by atoms with Crippen LogP contribution in [0, 0.1) is 0 Å². The van der Waals surface area contributed by atoms with E-state index in [-0.39, 0.29) is 5.91 Å². The second-order valence-electron chi connectivity index (χ2n) is 9.37. The van der Waals surface area contributed by atoms with Crippen molar-refractivity contribution in [2.75, 3.05) is 31.5 Å². The minimum Gasteiger partial charge on any atom is -0.320 e. The molecule has 0 spiro atoms. The number of carbonyl (C=O) groups excluding carboxylic acids is 1. The summed E-state index contributed by atoms with van der Waals surface area (Å²) in [6.45, 7) is 7.30. The minimum absolute atomic E-state index is 0.110. The van der Waals surface area contributed by atoms with E-state index in [1.807, 2.05) is 36.5 Å². The lowest BCUT2D eigenvalue weighted by Gasteiger charge is -2.27. The summed E-state index contributed by atoms with van der Waals surface area (Å²) < 4.78 is 0. The fraction of sp³-hybridized carbons (Fsp3) is 0.345. The number of hydrogen-bond donors (Lipinski definition) is 2. The number of aromatic nitrogens is 1. The highest BCUT2D eigenvalue weighted by molar-refractivity contribution is 6.10. The number of benzene rings is 2. The average Bonchev–Trinajstić information content (AvgIpc) is 3.34. The van der Waals surface area contributed by atoms with Crippen LogP contribution in [0.5, 0.6) is 0 Å². The Morgan fingerprint density at radius 3 is 2.71 bits per heavy atom. The van der Waals surface area contributed by atoms with Crippen molar-refractivity contribution in [1.29, 1.82) is 0 Å². The van der Waals surface area contributed by atoms with E-state index in [2.05, 4.69) is 51.7 Å². The standard InChI is InChI=1S/C29H33N5O/c1-2-3-6-25-18-23(12-13-31-25)27-19-24-5-4-7-26(28(24)32-27)33-29(35)22-10-8-21(9-11-22)20-34-16-14-30-15-17-34/h4-5,7-13,18,30H,2-3,6,14-17,19-20H2,1H3,(H,33,35). The highest BCUT2D eigenvalue weighted by Crippen LogP contribution is 2.36. The maximum Gasteiger partial charge on any atom is 0.255 e. The molecule has 0 unspecified atom stereocenters. The first-order valence-corrected chi connectivity index (χ1v) is 12.7. The van der Waals surface area contributed by atoms with Gasteiger partial charge in [0.1, 0.15) is 0 Å². The molecule has 0 radical (unpaired) electrons. The van der Waals surface area contributed by atoms with Crippen molar-refractivity contribution in [1.82, 2.24) is 15.2 Å². The van der Waals surface area contributed by atoms with E-state index < -0.39 is 0 Å². The molecular weight excluding hydrogens is 434 g/mol. The summed E-state index contributed by atoms with van der Waals surface area (Å²) in [5.41, 5.74) is 7.88. The van der Waals surface area contributed by atoms with Crippen molar-refractivity contribution in [2.45, 2.75) is 39.2 Å². The van der Waals surface area contributed by atoms with Crippen LogP contribution >= 0.6 is 0 Å². The van der Waals surface area contributed by atoms with Crippen molar-refractivity contribution < 1.29 is 4.79 Å². The van der Waals surface area contributed by atoms with Gasteiger partial charge >= 0.3 is 0 Å². The number of unbranched alkanes of at least 4 members (excludes halogenated alkanes) is 1. The van der Waals surface area contributed by atoms with Gasteiger partial charge in [-0.15, -0.1) is 0 Å². The van der Waals surface area contributed by atoms with Gasteiger partial charge < -0.3 is 10.6 Å². The van der Waals surface area contributed by atoms with Crippen molar-refractivity contribution in [3.63, 3.8) is 0 Å². The van der Waals surface area contributed by atoms with Gasteiger partial charge in [0.05, 0.1) is 17.1 Å². The summed E-state index contributed by atoms with van der Waals surface area (Å²) in [5, 5.41) is 6.47. The monoisotopic (exact) mass is 467 g/mol. The van der Waals surface area contributed by atoms with Crippen molar-refractivity contribution >= 4 is 23.0 Å². The van der Waals surface area contributed by atoms with Gasteiger partial charge in [0.15, 0.2) is 0 Å². The molecule has 3 aromatic rings. The summed E-state index contributed by atoms with van der Waals surface area (Å²) >= 11 is 0. The molecule has 1 amide bonds. The lowest BCUT2D eigenvalue weighted by atomic mass is 10.0. The van der Waals surface area contributed by atoms with Crippen molar-refractivity contribution in [3.05, 3.63) is 88.7 Å². The van der Waals surface area contributed by atoms with Gasteiger partial charge in [0.2, 0.25) is 0 Å². The third kappa shape index (κ3) is 5.66. The molecule has 0 aliphatic carbocycles. The van der Waals surface area contributed by atoms with Crippen LogP contribution in [0.3, 0.4) is 0 Å². The number of aliphatic imine (C=N–C) groups is 1. The fourth-order valence-electron chi connectivity index (χ4n) is 4.72. The summed E-state index contributed by atoms with van der Waals surface area (Å²) in [6, 6.07) is 18.1. The number of aryl methyl sites for hydroxylation is 1. The predicted octanol–water partition coefficient (Wildman–Crippen LogP) is 4.76. The number of hydrogen-bond acceptors (Lipinski definition) is 5. The first kappa shape index (κ1) is 23.4. The molecule has 0 atom stereocenters. The number of piperazine rings is 1. The van der Waals surface area contributed by atoms with E-state index in [0.717, 1.165) is 92.3 Å². The van der Waals surface area contributed by atoms with E-state index in [4.69, 9.17) is 4.99 Å². The Kier molecular flexibility index (Phi) is 7.31. The number of anilines is 1. The molecule has 6 heteroatoms. The topological polar surface area (TPSA) is 69.6 Å². The first-order valence-electron chi connectivity index (χ1n) is 12.7. The van der Waals surface area contributed by atoms with Gasteiger partial charge in [0.25, 0.3) is 5.91 Å². The molecular formula is C29H33N5O. The summed E-state index contributed by atoms with van der Waals surface area (Å²) in [7, 11) is 0. The predicted molar refractivity (Wildman–Crippen MR) is 142 cm³/mol. The maximum absolute atomic E-state index is 13.0. The number of amides is 1. The molecule has 1 saturated heterocycles. The van der Waals surface area contributed by atoms with Gasteiger partial charge in [-0.1, -0.05) is 37.6 Å². The summed E-state index contributed by atoms with van der Waals surface area (Å²) in [5.74, 6) is -0.110. The third-order valence-corrected chi connectivity index (χ3v) is 6.74. The van der Waals surface area contributed by atoms with Crippen LogP contribution in [0.4, 0.5) is 11.4 Å². The Morgan fingerprint density at radius 1 is 1.09 bits per heavy atom. The zero-order valence-corrected chi connectivity index (χ0v) is 20.4. The highest BCUT2D eigenvalue weighted by atomic mass is 16.1. The molecule has 35 heavy (non-hydrogen) atoms. The number of nitrogens with zero attached hydrogens (tertiary/aromatic N) is 3. The molecule has 1 fully saturated rings. The molecule has 6 nitrogen and oxygen atoms in total. The Morgan fingerprint density at radius 2 is 1.91 bits per heavy atom. The van der Waals surface area contributed by atoms with Gasteiger partial charge in [0, 0.05) is 56.6 Å². The quantitative estimate of drug-likeness (QED) is 0.501. The number of pyridine rings is 1. The third-order valence-electron chi connectivity index (χ3n) is 6.74. The molecule has 0 saturated carbocycles. The van der Waals surface area contributed by atoms with E-state index in [9.17, 15) is 4.79 Å². The van der Waals surface area contributed by atoms with Crippen LogP contribution in [-0.4, -0.2) is 47.7 Å². The first-order chi connectivity index (χ1) is 17.2. The lowest BCUT2D eigenvalue weighted by molar-refractivity contribution is 0.102. The average molecular weight is 468 g/mol. The molecule has 2 aromatic carbocycles. The zero-order valence-electron chi connectivity index (χ0n) is 20.4. The number of nitrogens with one attached hydrogen (secondary N) is 2. The fourth-order valence-corrected chi connectivity index (χ4v) is 4.72. The van der Waals surface area contributed by atoms with Gasteiger partial charge in [-0.2, -0.15) is 0 Å². The normalized spacial score (nSPS) is 15.5. The molecule has 0 bridgehead atoms. The highest BCUT2D eigenvalue weighted by Gasteiger charge is 2.20. The Hall–Kier alpha value is -3.35. The van der Waals surface area contributed by atoms with Gasteiger partial charge in [-0.05, 0) is 59.9 Å². The second kappa shape index (κ2) is 10.9. The zero-order chi connectivity index (χ0) is 24.0. The van der Waals surface area contributed by atoms with E-state index in [0.29, 0.717) is 5.56 Å². The second-order valence-corrected chi connectivity index (χ2v) is 9.37. The minimum atomic E-state index is -0.110. The molecule has 1 aromatic heterocycles. The molecule has 2 aliphatic heterocycles. The van der Waals surface area contributed by atoms with Gasteiger partial charge in [-0.25, -0.2) is 4.99 Å². The largest absolute Gasteiger partial charge is 0.320 e. The smallest absolute Gasteiger partial charge is 0.255 e. The lowest BCUT2D eigenvalue weighted by Crippen LogP contribution is -2.42. The van der Waals surface area contributed by atoms with Crippen molar-refractivity contribution in [2.24, 2.45) is 4.99 Å². The number of carbonyl (C=O) groups is 1. The van der Waals surface area contributed by atoms with E-state index in [1.165, 1.54) is 5.56 Å². The summed E-state index contributed by atoms with van der Waals surface area (Å²) in [6.07, 6.45) is 5.91. The van der Waals surface area contributed by atoms with E-state index >= 15 is 0 Å². The SMILES string of the molecule is CCCCc1cc(C2=Nc3c(cccc3NC(=O)c3ccc(CN4CCNCC4)cc3)C2)ccn1. The van der Waals surface area contributed by atoms with Crippen LogP contribution in [0.1, 0.15) is 52.5 Å². The van der Waals surface area contributed by atoms with Crippen molar-refractivity contribution in [3.8, 4) is 0 Å². The number of fused-ring (bicyclic) bond motifs is 1. The molecule has 3 heterocycles. The van der Waals surface area contributed by atoms with Crippen LogP contribution < -0.4 is 10.6 Å². The van der Waals surface area contributed by atoms with Crippen LogP contribution in [0.25, 0.3) is 0 Å². The Balaban J connectivity index is 1.28. The number of para-hydroxylation sites is 1. The Bertz CT molecular complexity index is 1210. The van der Waals surface area contributed by atoms with Crippen LogP contribution in [-0.2, 0) is 19.4 Å². The molecule has 2 N–H and O–H groups in total. The number of rotatable bonds is 8. The van der Waals surface area contributed by atoms with Gasteiger partial charge in [-0.3, -0.25) is 14.7 Å². The molecule has 180 valence electrons. The van der Waals surface area contributed by atoms with Crippen LogP contribution in [0.15, 0.2) is 65.8 Å². The van der Waals surface area contributed by atoms with Crippen LogP contribution in [0.2, 0.25) is 0 Å².